The van der Waals surface area contributed by atoms with Crippen LogP contribution >= 0.6 is 12.2 Å². The van der Waals surface area contributed by atoms with E-state index in [4.69, 9.17) is 12.2 Å². The van der Waals surface area contributed by atoms with Crippen molar-refractivity contribution in [1.29, 1.82) is 0 Å². The highest BCUT2D eigenvalue weighted by Crippen LogP contribution is 2.24. The molecule has 27 heavy (non-hydrogen) atoms. The van der Waals surface area contributed by atoms with Gasteiger partial charge in [-0.15, -0.1) is 0 Å². The van der Waals surface area contributed by atoms with E-state index in [2.05, 4.69) is 10.6 Å². The number of phenolic OH excluding ortho intramolecular Hbond substituents is 1. The molecule has 0 spiro atoms. The average Bonchev–Trinajstić information content (AvgIpc) is 2.70. The molecule has 0 bridgehead atoms. The van der Waals surface area contributed by atoms with Gasteiger partial charge in [-0.3, -0.25) is 10.1 Å². The second kappa shape index (κ2) is 8.47. The number of carbonyl (C=O) groups is 1. The van der Waals surface area contributed by atoms with Crippen LogP contribution in [0.3, 0.4) is 0 Å². The Kier molecular flexibility index (Phi) is 5.84. The number of thiocarbonyl (C=S) groups is 1. The molecule has 0 saturated heterocycles. The third-order valence-corrected chi connectivity index (χ3v) is 4.40. The van der Waals surface area contributed by atoms with Gasteiger partial charge in [0.2, 0.25) is 0 Å². The van der Waals surface area contributed by atoms with Gasteiger partial charge < -0.3 is 10.4 Å². The molecule has 5 heteroatoms. The SMILES string of the molecule is CCc1ccc(O)c(NC(=S)NC(=O)c2ccc(-c3ccccc3)cc2)c1. The van der Waals surface area contributed by atoms with E-state index < -0.39 is 0 Å². The van der Waals surface area contributed by atoms with Crippen LogP contribution in [0.1, 0.15) is 22.8 Å². The highest BCUT2D eigenvalue weighted by molar-refractivity contribution is 7.80. The van der Waals surface area contributed by atoms with Gasteiger partial charge in [0.15, 0.2) is 5.11 Å². The van der Waals surface area contributed by atoms with Crippen molar-refractivity contribution in [3.05, 3.63) is 83.9 Å². The Bertz CT molecular complexity index is 954. The molecule has 3 aromatic rings. The van der Waals surface area contributed by atoms with Crippen LogP contribution in [-0.2, 0) is 6.42 Å². The number of nitrogens with one attached hydrogen (secondary N) is 2. The summed E-state index contributed by atoms with van der Waals surface area (Å²) in [4.78, 5) is 12.4. The molecule has 0 aliphatic heterocycles. The molecule has 0 aromatic heterocycles. The lowest BCUT2D eigenvalue weighted by Crippen LogP contribution is -2.34. The maximum atomic E-state index is 12.4. The van der Waals surface area contributed by atoms with E-state index in [-0.39, 0.29) is 16.8 Å². The first kappa shape index (κ1) is 18.6. The Labute approximate surface area is 163 Å². The van der Waals surface area contributed by atoms with Crippen molar-refractivity contribution >= 4 is 28.9 Å². The highest BCUT2D eigenvalue weighted by Gasteiger charge is 2.10. The van der Waals surface area contributed by atoms with Gasteiger partial charge in [-0.05, 0) is 59.6 Å². The zero-order valence-corrected chi connectivity index (χ0v) is 15.7. The molecule has 4 nitrogen and oxygen atoms in total. The second-order valence-corrected chi connectivity index (χ2v) is 6.46. The van der Waals surface area contributed by atoms with Crippen LogP contribution in [0.2, 0.25) is 0 Å². The summed E-state index contributed by atoms with van der Waals surface area (Å²) in [6, 6.07) is 22.5. The van der Waals surface area contributed by atoms with Crippen molar-refractivity contribution in [2.24, 2.45) is 0 Å². The van der Waals surface area contributed by atoms with E-state index in [1.165, 1.54) is 0 Å². The molecule has 3 rings (SSSR count). The zero-order valence-electron chi connectivity index (χ0n) is 14.9. The summed E-state index contributed by atoms with van der Waals surface area (Å²) in [5.74, 6) is -0.228. The molecule has 136 valence electrons. The van der Waals surface area contributed by atoms with E-state index >= 15 is 0 Å². The number of aromatic hydroxyl groups is 1. The van der Waals surface area contributed by atoms with Crippen LogP contribution in [0.15, 0.2) is 72.8 Å². The topological polar surface area (TPSA) is 61.4 Å². The van der Waals surface area contributed by atoms with E-state index in [1.54, 1.807) is 18.2 Å². The van der Waals surface area contributed by atoms with Crippen LogP contribution in [0.5, 0.6) is 5.75 Å². The highest BCUT2D eigenvalue weighted by atomic mass is 32.1. The molecule has 0 aliphatic carbocycles. The number of phenols is 1. The normalized spacial score (nSPS) is 10.3. The van der Waals surface area contributed by atoms with Gasteiger partial charge >= 0.3 is 0 Å². The molecule has 0 unspecified atom stereocenters. The summed E-state index contributed by atoms with van der Waals surface area (Å²) in [5.41, 5.74) is 4.16. The molecule has 0 radical (unpaired) electrons. The standard InChI is InChI=1S/C22H20N2O2S/c1-2-15-8-13-20(25)19(14-15)23-22(27)24-21(26)18-11-9-17(10-12-18)16-6-4-3-5-7-16/h3-14,25H,2H2,1H3,(H2,23,24,26,27). The van der Waals surface area contributed by atoms with Crippen molar-refractivity contribution in [1.82, 2.24) is 5.32 Å². The average molecular weight is 376 g/mol. The minimum atomic E-state index is -0.307. The first-order chi connectivity index (χ1) is 13.1. The van der Waals surface area contributed by atoms with Crippen LogP contribution in [0.4, 0.5) is 5.69 Å². The van der Waals surface area contributed by atoms with Crippen molar-refractivity contribution < 1.29 is 9.90 Å². The lowest BCUT2D eigenvalue weighted by atomic mass is 10.0. The smallest absolute Gasteiger partial charge is 0.257 e. The fraction of sp³-hybridized carbons (Fsp3) is 0.0909. The van der Waals surface area contributed by atoms with Crippen molar-refractivity contribution in [2.75, 3.05) is 5.32 Å². The van der Waals surface area contributed by atoms with Crippen molar-refractivity contribution in [2.45, 2.75) is 13.3 Å². The maximum absolute atomic E-state index is 12.4. The summed E-state index contributed by atoms with van der Waals surface area (Å²) >= 11 is 5.20. The van der Waals surface area contributed by atoms with Gasteiger partial charge in [-0.25, -0.2) is 0 Å². The first-order valence-corrected chi connectivity index (χ1v) is 9.07. The van der Waals surface area contributed by atoms with E-state index in [0.717, 1.165) is 23.1 Å². The fourth-order valence-corrected chi connectivity index (χ4v) is 2.88. The Morgan fingerprint density at radius 1 is 0.963 bits per heavy atom. The second-order valence-electron chi connectivity index (χ2n) is 6.06. The quantitative estimate of drug-likeness (QED) is 0.454. The fourth-order valence-electron chi connectivity index (χ4n) is 2.68. The van der Waals surface area contributed by atoms with Crippen LogP contribution in [0, 0.1) is 0 Å². The maximum Gasteiger partial charge on any atom is 0.257 e. The third kappa shape index (κ3) is 4.71. The van der Waals surface area contributed by atoms with Gasteiger partial charge in [-0.1, -0.05) is 55.5 Å². The van der Waals surface area contributed by atoms with Gasteiger partial charge in [-0.2, -0.15) is 0 Å². The summed E-state index contributed by atoms with van der Waals surface area (Å²) in [6.45, 7) is 2.02. The third-order valence-electron chi connectivity index (χ3n) is 4.20. The lowest BCUT2D eigenvalue weighted by Gasteiger charge is -2.12. The molecular weight excluding hydrogens is 356 g/mol. The van der Waals surface area contributed by atoms with Crippen LogP contribution < -0.4 is 10.6 Å². The van der Waals surface area contributed by atoms with Crippen LogP contribution in [0.25, 0.3) is 11.1 Å². The van der Waals surface area contributed by atoms with Gasteiger partial charge in [0, 0.05) is 5.56 Å². The largest absolute Gasteiger partial charge is 0.506 e. The number of aryl methyl sites for hydroxylation is 1. The number of benzene rings is 3. The molecule has 0 heterocycles. The lowest BCUT2D eigenvalue weighted by molar-refractivity contribution is 0.0977. The van der Waals surface area contributed by atoms with Gasteiger partial charge in [0.1, 0.15) is 5.75 Å². The summed E-state index contributed by atoms with van der Waals surface area (Å²) in [6.07, 6.45) is 0.835. The summed E-state index contributed by atoms with van der Waals surface area (Å²) in [5, 5.41) is 15.6. The van der Waals surface area contributed by atoms with Gasteiger partial charge in [0.05, 0.1) is 5.69 Å². The number of carbonyl (C=O) groups excluding carboxylic acids is 1. The van der Waals surface area contributed by atoms with Crippen molar-refractivity contribution in [3.8, 4) is 16.9 Å². The molecule has 0 aliphatic rings. The summed E-state index contributed by atoms with van der Waals surface area (Å²) < 4.78 is 0. The zero-order chi connectivity index (χ0) is 19.2. The monoisotopic (exact) mass is 376 g/mol. The predicted octanol–water partition coefficient (Wildman–Crippen LogP) is 4.75. The van der Waals surface area contributed by atoms with Crippen LogP contribution in [-0.4, -0.2) is 16.1 Å². The Hall–Kier alpha value is -3.18. The predicted molar refractivity (Wildman–Crippen MR) is 113 cm³/mol. The Morgan fingerprint density at radius 2 is 1.63 bits per heavy atom. The number of hydrogen-bond donors (Lipinski definition) is 3. The number of rotatable bonds is 4. The summed E-state index contributed by atoms with van der Waals surface area (Å²) in [7, 11) is 0. The van der Waals surface area contributed by atoms with E-state index in [1.807, 2.05) is 61.5 Å². The minimum absolute atomic E-state index is 0.0796. The number of amides is 1. The molecular formula is C22H20N2O2S. The number of anilines is 1. The molecule has 3 aromatic carbocycles. The van der Waals surface area contributed by atoms with Crippen molar-refractivity contribution in [3.63, 3.8) is 0 Å². The Balaban J connectivity index is 1.65. The molecule has 3 N–H and O–H groups in total. The Morgan fingerprint density at radius 3 is 2.30 bits per heavy atom. The molecule has 1 amide bonds. The molecule has 0 saturated carbocycles. The molecule has 0 fully saturated rings. The number of hydrogen-bond acceptors (Lipinski definition) is 3. The minimum Gasteiger partial charge on any atom is -0.506 e. The van der Waals surface area contributed by atoms with E-state index in [9.17, 15) is 9.90 Å². The molecule has 0 atom stereocenters. The first-order valence-electron chi connectivity index (χ1n) is 8.66. The van der Waals surface area contributed by atoms with Gasteiger partial charge in [0.25, 0.3) is 5.91 Å². The van der Waals surface area contributed by atoms with E-state index in [0.29, 0.717) is 11.3 Å².